The Morgan fingerprint density at radius 1 is 1.48 bits per heavy atom. The molecule has 0 saturated carbocycles. The molecule has 1 fully saturated rings. The molecule has 1 aliphatic rings. The lowest BCUT2D eigenvalue weighted by molar-refractivity contribution is 0.0642. The molecule has 5 nitrogen and oxygen atoms in total. The molecular weight excluding hydrogens is 268 g/mol. The van der Waals surface area contributed by atoms with E-state index in [1.54, 1.807) is 18.3 Å². The molecule has 0 atom stereocenters. The minimum absolute atomic E-state index is 0.0124. The molecule has 1 aliphatic heterocycles. The number of aliphatic hydroxyl groups is 1. The van der Waals surface area contributed by atoms with Crippen molar-refractivity contribution in [1.82, 2.24) is 10.3 Å². The van der Waals surface area contributed by atoms with Gasteiger partial charge in [0.15, 0.2) is 0 Å². The molecule has 1 aromatic rings. The molecule has 0 aromatic carbocycles. The monoisotopic (exact) mass is 288 g/mol. The highest BCUT2D eigenvalue weighted by atomic mass is 16.5. The minimum Gasteiger partial charge on any atom is -0.395 e. The smallest absolute Gasteiger partial charge is 0.271 e. The molecule has 0 bridgehead atoms. The number of aromatic nitrogens is 1. The van der Waals surface area contributed by atoms with Crippen molar-refractivity contribution in [2.75, 3.05) is 26.4 Å². The normalized spacial score (nSPS) is 15.1. The van der Waals surface area contributed by atoms with Gasteiger partial charge >= 0.3 is 0 Å². The van der Waals surface area contributed by atoms with Crippen LogP contribution in [0.25, 0.3) is 0 Å². The van der Waals surface area contributed by atoms with Crippen molar-refractivity contribution in [1.29, 1.82) is 0 Å². The van der Waals surface area contributed by atoms with E-state index in [1.807, 2.05) is 0 Å². The molecule has 112 valence electrons. The lowest BCUT2D eigenvalue weighted by Crippen LogP contribution is -2.33. The molecular formula is C16H20N2O3. The molecule has 0 radical (unpaired) electrons. The average molecular weight is 288 g/mol. The molecule has 5 heteroatoms. The molecule has 1 amide bonds. The highest BCUT2D eigenvalue weighted by molar-refractivity contribution is 5.94. The predicted molar refractivity (Wildman–Crippen MR) is 78.7 cm³/mol. The van der Waals surface area contributed by atoms with Gasteiger partial charge in [-0.3, -0.25) is 4.79 Å². The summed E-state index contributed by atoms with van der Waals surface area (Å²) in [5.41, 5.74) is 0.936. The Morgan fingerprint density at radius 2 is 2.29 bits per heavy atom. The van der Waals surface area contributed by atoms with Gasteiger partial charge in [-0.2, -0.15) is 0 Å². The second-order valence-corrected chi connectivity index (χ2v) is 4.94. The molecule has 0 spiro atoms. The summed E-state index contributed by atoms with van der Waals surface area (Å²) in [5, 5.41) is 11.7. The van der Waals surface area contributed by atoms with E-state index < -0.39 is 0 Å². The van der Waals surface area contributed by atoms with Crippen molar-refractivity contribution in [2.24, 2.45) is 5.92 Å². The van der Waals surface area contributed by atoms with E-state index in [0.717, 1.165) is 26.1 Å². The summed E-state index contributed by atoms with van der Waals surface area (Å²) in [6.07, 6.45) is 3.93. The van der Waals surface area contributed by atoms with E-state index in [-0.39, 0.29) is 12.5 Å². The van der Waals surface area contributed by atoms with Gasteiger partial charge in [0.05, 0.1) is 12.2 Å². The maximum absolute atomic E-state index is 12.2. The zero-order valence-corrected chi connectivity index (χ0v) is 12.0. The summed E-state index contributed by atoms with van der Waals surface area (Å²) in [4.78, 5) is 16.3. The van der Waals surface area contributed by atoms with Crippen LogP contribution in [-0.2, 0) is 4.74 Å². The number of pyridine rings is 1. The summed E-state index contributed by atoms with van der Waals surface area (Å²) < 4.78 is 5.30. The number of carbonyl (C=O) groups is 1. The first-order chi connectivity index (χ1) is 10.3. The third-order valence-electron chi connectivity index (χ3n) is 3.37. The first-order valence-corrected chi connectivity index (χ1v) is 7.22. The van der Waals surface area contributed by atoms with Crippen molar-refractivity contribution in [3.63, 3.8) is 0 Å². The maximum Gasteiger partial charge on any atom is 0.271 e. The maximum atomic E-state index is 12.2. The Bertz CT molecular complexity index is 528. The number of hydrogen-bond acceptors (Lipinski definition) is 4. The quantitative estimate of drug-likeness (QED) is 0.810. The second-order valence-electron chi connectivity index (χ2n) is 4.94. The van der Waals surface area contributed by atoms with Gasteiger partial charge in [-0.1, -0.05) is 11.8 Å². The fourth-order valence-corrected chi connectivity index (χ4v) is 2.17. The first-order valence-electron chi connectivity index (χ1n) is 7.22. The van der Waals surface area contributed by atoms with E-state index in [1.165, 1.54) is 0 Å². The first kappa shape index (κ1) is 15.5. The third-order valence-corrected chi connectivity index (χ3v) is 3.37. The summed E-state index contributed by atoms with van der Waals surface area (Å²) >= 11 is 0. The zero-order valence-electron chi connectivity index (χ0n) is 12.0. The standard InChI is InChI=1S/C16H20N2O3/c19-9-2-1-4-14-5-3-8-17-15(14)16(20)18-12-13-6-10-21-11-7-13/h3,5,8,13,19H,2,6-7,9-12H2,(H,18,20). The van der Waals surface area contributed by atoms with Crippen LogP contribution in [-0.4, -0.2) is 42.4 Å². The predicted octanol–water partition coefficient (Wildman–Crippen LogP) is 0.972. The Hall–Kier alpha value is -1.90. The molecule has 21 heavy (non-hydrogen) atoms. The van der Waals surface area contributed by atoms with Gasteiger partial charge in [0.2, 0.25) is 0 Å². The topological polar surface area (TPSA) is 71.5 Å². The van der Waals surface area contributed by atoms with Crippen LogP contribution in [0.5, 0.6) is 0 Å². The highest BCUT2D eigenvalue weighted by Crippen LogP contribution is 2.13. The van der Waals surface area contributed by atoms with Crippen LogP contribution in [0.3, 0.4) is 0 Å². The van der Waals surface area contributed by atoms with Gasteiger partial charge in [0.1, 0.15) is 5.69 Å². The largest absolute Gasteiger partial charge is 0.395 e. The van der Waals surface area contributed by atoms with E-state index >= 15 is 0 Å². The zero-order chi connectivity index (χ0) is 14.9. The van der Waals surface area contributed by atoms with Crippen LogP contribution in [0.2, 0.25) is 0 Å². The van der Waals surface area contributed by atoms with Crippen LogP contribution in [0, 0.1) is 17.8 Å². The van der Waals surface area contributed by atoms with Crippen molar-refractivity contribution in [3.05, 3.63) is 29.6 Å². The Kier molecular flexibility index (Phi) is 6.20. The third kappa shape index (κ3) is 4.85. The van der Waals surface area contributed by atoms with Gasteiger partial charge in [-0.25, -0.2) is 4.98 Å². The van der Waals surface area contributed by atoms with E-state index in [4.69, 9.17) is 9.84 Å². The van der Waals surface area contributed by atoms with Gasteiger partial charge < -0.3 is 15.2 Å². The summed E-state index contributed by atoms with van der Waals surface area (Å²) in [6.45, 7) is 2.19. The van der Waals surface area contributed by atoms with E-state index in [9.17, 15) is 4.79 Å². The second kappa shape index (κ2) is 8.40. The molecule has 0 unspecified atom stereocenters. The number of aliphatic hydroxyl groups excluding tert-OH is 1. The number of nitrogens with one attached hydrogen (secondary N) is 1. The fourth-order valence-electron chi connectivity index (χ4n) is 2.17. The summed E-state index contributed by atoms with van der Waals surface area (Å²) in [6, 6.07) is 3.51. The van der Waals surface area contributed by atoms with Gasteiger partial charge in [0, 0.05) is 32.4 Å². The number of amides is 1. The Balaban J connectivity index is 1.96. The van der Waals surface area contributed by atoms with Gasteiger partial charge in [-0.15, -0.1) is 0 Å². The molecule has 2 heterocycles. The van der Waals surface area contributed by atoms with Crippen molar-refractivity contribution in [2.45, 2.75) is 19.3 Å². The average Bonchev–Trinajstić information content (AvgIpc) is 2.54. The lowest BCUT2D eigenvalue weighted by atomic mass is 10.0. The van der Waals surface area contributed by atoms with Crippen LogP contribution < -0.4 is 5.32 Å². The van der Waals surface area contributed by atoms with Crippen LogP contribution in [0.4, 0.5) is 0 Å². The van der Waals surface area contributed by atoms with Crippen molar-refractivity contribution >= 4 is 5.91 Å². The van der Waals surface area contributed by atoms with Crippen molar-refractivity contribution < 1.29 is 14.6 Å². The number of nitrogens with zero attached hydrogens (tertiary/aromatic N) is 1. The number of ether oxygens (including phenoxy) is 1. The number of carbonyl (C=O) groups excluding carboxylic acids is 1. The minimum atomic E-state index is -0.199. The van der Waals surface area contributed by atoms with E-state index in [0.29, 0.717) is 30.1 Å². The van der Waals surface area contributed by atoms with Crippen molar-refractivity contribution in [3.8, 4) is 11.8 Å². The molecule has 1 aromatic heterocycles. The lowest BCUT2D eigenvalue weighted by Gasteiger charge is -2.22. The Morgan fingerprint density at radius 3 is 3.05 bits per heavy atom. The Labute approximate surface area is 124 Å². The van der Waals surface area contributed by atoms with Crippen LogP contribution in [0.15, 0.2) is 18.3 Å². The van der Waals surface area contributed by atoms with Crippen LogP contribution >= 0.6 is 0 Å². The number of rotatable bonds is 4. The van der Waals surface area contributed by atoms with Gasteiger partial charge in [-0.05, 0) is 30.9 Å². The summed E-state index contributed by atoms with van der Waals surface area (Å²) in [5.74, 6) is 5.96. The summed E-state index contributed by atoms with van der Waals surface area (Å²) in [7, 11) is 0. The van der Waals surface area contributed by atoms with Gasteiger partial charge in [0.25, 0.3) is 5.91 Å². The molecule has 0 aliphatic carbocycles. The highest BCUT2D eigenvalue weighted by Gasteiger charge is 2.16. The molecule has 2 N–H and O–H groups in total. The van der Waals surface area contributed by atoms with E-state index in [2.05, 4.69) is 22.1 Å². The molecule has 2 rings (SSSR count). The molecule has 1 saturated heterocycles. The SMILES string of the molecule is O=C(NCC1CCOCC1)c1ncccc1C#CCCO. The fraction of sp³-hybridized carbons (Fsp3) is 0.500. The van der Waals surface area contributed by atoms with Crippen LogP contribution in [0.1, 0.15) is 35.3 Å². The number of hydrogen-bond donors (Lipinski definition) is 2.